The number of aliphatic carboxylic acids is 1. The van der Waals surface area contributed by atoms with E-state index in [0.29, 0.717) is 23.6 Å². The summed E-state index contributed by atoms with van der Waals surface area (Å²) in [5.74, 6) is -2.18. The molecule has 0 saturated heterocycles. The molecule has 36 heavy (non-hydrogen) atoms. The number of hydrogen-bond donors (Lipinski definition) is 1. The molecule has 0 aliphatic carbocycles. The van der Waals surface area contributed by atoms with Gasteiger partial charge in [0.2, 0.25) is 0 Å². The van der Waals surface area contributed by atoms with Crippen molar-refractivity contribution < 1.29 is 28.3 Å². The zero-order valence-corrected chi connectivity index (χ0v) is 20.1. The topological polar surface area (TPSA) is 92.9 Å². The van der Waals surface area contributed by atoms with Gasteiger partial charge in [-0.1, -0.05) is 53.7 Å². The Bertz CT molecular complexity index is 1410. The Morgan fingerprint density at radius 1 is 1.03 bits per heavy atom. The van der Waals surface area contributed by atoms with Gasteiger partial charge in [0, 0.05) is 31.4 Å². The molecule has 8 heteroatoms. The average molecular weight is 489 g/mol. The maximum atomic E-state index is 14.8. The van der Waals surface area contributed by atoms with Crippen LogP contribution in [0.5, 0.6) is 0 Å². The predicted octanol–water partition coefficient (Wildman–Crippen LogP) is 5.43. The molecule has 4 rings (SSSR count). The van der Waals surface area contributed by atoms with Crippen LogP contribution < -0.4 is 0 Å². The number of carbonyl (C=O) groups excluding carboxylic acids is 1. The van der Waals surface area contributed by atoms with Gasteiger partial charge < -0.3 is 19.3 Å². The van der Waals surface area contributed by atoms with Crippen LogP contribution in [-0.2, 0) is 16.1 Å². The van der Waals surface area contributed by atoms with Crippen molar-refractivity contribution in [2.45, 2.75) is 13.5 Å². The van der Waals surface area contributed by atoms with Crippen LogP contribution >= 0.6 is 0 Å². The van der Waals surface area contributed by atoms with Gasteiger partial charge in [-0.05, 0) is 41.3 Å². The molecule has 0 aliphatic heterocycles. The summed E-state index contributed by atoms with van der Waals surface area (Å²) in [6.45, 7) is 1.87. The van der Waals surface area contributed by atoms with Crippen LogP contribution in [0.3, 0.4) is 0 Å². The Labute approximate surface area is 207 Å². The van der Waals surface area contributed by atoms with E-state index in [2.05, 4.69) is 5.16 Å². The van der Waals surface area contributed by atoms with Crippen LogP contribution in [0.1, 0.15) is 21.5 Å². The van der Waals surface area contributed by atoms with Gasteiger partial charge in [-0.2, -0.15) is 0 Å². The highest BCUT2D eigenvalue weighted by Crippen LogP contribution is 2.35. The monoisotopic (exact) mass is 488 g/mol. The molecule has 1 N–H and O–H groups in total. The van der Waals surface area contributed by atoms with E-state index in [0.717, 1.165) is 32.7 Å². The van der Waals surface area contributed by atoms with Crippen molar-refractivity contribution in [2.75, 3.05) is 20.7 Å². The van der Waals surface area contributed by atoms with E-state index in [9.17, 15) is 14.0 Å². The zero-order valence-electron chi connectivity index (χ0n) is 20.1. The van der Waals surface area contributed by atoms with E-state index in [1.165, 1.54) is 19.2 Å². The lowest BCUT2D eigenvalue weighted by Crippen LogP contribution is -2.32. The second-order valence-electron chi connectivity index (χ2n) is 8.39. The summed E-state index contributed by atoms with van der Waals surface area (Å²) in [7, 11) is 2.93. The van der Waals surface area contributed by atoms with Crippen molar-refractivity contribution >= 4 is 11.9 Å². The van der Waals surface area contributed by atoms with Crippen LogP contribution in [0.4, 0.5) is 4.39 Å². The number of rotatable bonds is 8. The van der Waals surface area contributed by atoms with Crippen molar-refractivity contribution in [1.29, 1.82) is 0 Å². The summed E-state index contributed by atoms with van der Waals surface area (Å²) in [6, 6.07) is 19.8. The van der Waals surface area contributed by atoms with Crippen molar-refractivity contribution in [1.82, 2.24) is 10.1 Å². The second kappa shape index (κ2) is 10.5. The van der Waals surface area contributed by atoms with E-state index in [1.54, 1.807) is 19.2 Å². The molecule has 1 aromatic heterocycles. The molecule has 0 fully saturated rings. The number of carbonyl (C=O) groups is 2. The van der Waals surface area contributed by atoms with Crippen molar-refractivity contribution in [2.24, 2.45) is 0 Å². The van der Waals surface area contributed by atoms with Gasteiger partial charge in [0.25, 0.3) is 5.91 Å². The zero-order chi connectivity index (χ0) is 25.8. The second-order valence-corrected chi connectivity index (χ2v) is 8.39. The maximum Gasteiger partial charge on any atom is 0.323 e. The first-order valence-corrected chi connectivity index (χ1v) is 11.2. The molecule has 0 aliphatic rings. The summed E-state index contributed by atoms with van der Waals surface area (Å²) < 4.78 is 25.9. The number of halogens is 1. The third kappa shape index (κ3) is 5.04. The molecule has 1 amide bonds. The minimum Gasteiger partial charge on any atom is -0.480 e. The van der Waals surface area contributed by atoms with E-state index >= 15 is 0 Å². The summed E-state index contributed by atoms with van der Waals surface area (Å²) in [5, 5.41) is 13.0. The number of ether oxygens (including phenoxy) is 1. The van der Waals surface area contributed by atoms with E-state index in [4.69, 9.17) is 14.4 Å². The lowest BCUT2D eigenvalue weighted by Gasteiger charge is -2.15. The fourth-order valence-electron chi connectivity index (χ4n) is 4.11. The minimum absolute atomic E-state index is 0.222. The van der Waals surface area contributed by atoms with Gasteiger partial charge in [0.1, 0.15) is 18.1 Å². The van der Waals surface area contributed by atoms with Crippen LogP contribution in [0, 0.1) is 12.7 Å². The molecule has 3 aromatic carbocycles. The minimum atomic E-state index is -1.18. The van der Waals surface area contributed by atoms with Crippen molar-refractivity contribution in [3.8, 4) is 33.7 Å². The van der Waals surface area contributed by atoms with Gasteiger partial charge in [-0.25, -0.2) is 4.39 Å². The first-order valence-electron chi connectivity index (χ1n) is 11.2. The Kier molecular flexibility index (Phi) is 7.26. The van der Waals surface area contributed by atoms with Gasteiger partial charge in [0.05, 0.1) is 12.2 Å². The standard InChI is InChI=1S/C28H25FN2O5/c1-17-20(18-7-5-4-6-8-18)11-12-21(23(17)16-35-3)26-14-25(30-36-26)19-9-10-22(24(29)13-19)28(34)31(2)15-27(32)33/h4-14H,15-16H2,1-3H3,(H,32,33). The molecule has 0 unspecified atom stereocenters. The number of aromatic nitrogens is 1. The molecule has 0 spiro atoms. The average Bonchev–Trinajstić information content (AvgIpc) is 3.35. The number of likely N-dealkylation sites (N-methyl/N-ethyl adjacent to an activating group) is 1. The Morgan fingerprint density at radius 2 is 1.75 bits per heavy atom. The molecular weight excluding hydrogens is 463 g/mol. The smallest absolute Gasteiger partial charge is 0.323 e. The highest BCUT2D eigenvalue weighted by Gasteiger charge is 2.21. The summed E-state index contributed by atoms with van der Waals surface area (Å²) in [4.78, 5) is 24.2. The Balaban J connectivity index is 1.66. The maximum absolute atomic E-state index is 14.8. The molecule has 4 aromatic rings. The van der Waals surface area contributed by atoms with E-state index in [-0.39, 0.29) is 5.56 Å². The van der Waals surface area contributed by atoms with E-state index < -0.39 is 24.2 Å². The number of carboxylic acids is 1. The van der Waals surface area contributed by atoms with Gasteiger partial charge >= 0.3 is 5.97 Å². The summed E-state index contributed by atoms with van der Waals surface area (Å²) in [6.07, 6.45) is 0. The first-order chi connectivity index (χ1) is 17.3. The molecule has 0 bridgehead atoms. The quantitative estimate of drug-likeness (QED) is 0.356. The third-order valence-corrected chi connectivity index (χ3v) is 5.96. The lowest BCUT2D eigenvalue weighted by atomic mass is 9.92. The van der Waals surface area contributed by atoms with Gasteiger partial charge in [-0.15, -0.1) is 0 Å². The molecule has 7 nitrogen and oxygen atoms in total. The normalized spacial score (nSPS) is 10.9. The molecule has 0 atom stereocenters. The summed E-state index contributed by atoms with van der Waals surface area (Å²) >= 11 is 0. The van der Waals surface area contributed by atoms with Crippen LogP contribution in [0.25, 0.3) is 33.7 Å². The van der Waals surface area contributed by atoms with E-state index in [1.807, 2.05) is 49.4 Å². The highest BCUT2D eigenvalue weighted by atomic mass is 19.1. The fraction of sp³-hybridized carbons (Fsp3) is 0.179. The Morgan fingerprint density at radius 3 is 2.42 bits per heavy atom. The molecule has 0 radical (unpaired) electrons. The largest absolute Gasteiger partial charge is 0.480 e. The Hall–Kier alpha value is -4.30. The fourth-order valence-corrected chi connectivity index (χ4v) is 4.11. The number of methoxy groups -OCH3 is 1. The SMILES string of the molecule is COCc1c(-c2cc(-c3ccc(C(=O)N(C)CC(=O)O)c(F)c3)no2)ccc(-c2ccccc2)c1C. The number of nitrogens with zero attached hydrogens (tertiary/aromatic N) is 2. The van der Waals surface area contributed by atoms with Crippen molar-refractivity contribution in [3.05, 3.63) is 89.2 Å². The molecule has 1 heterocycles. The van der Waals surface area contributed by atoms with Gasteiger partial charge in [0.15, 0.2) is 5.76 Å². The van der Waals surface area contributed by atoms with Crippen LogP contribution in [-0.4, -0.2) is 47.7 Å². The van der Waals surface area contributed by atoms with Crippen molar-refractivity contribution in [3.63, 3.8) is 0 Å². The number of benzene rings is 3. The number of amides is 1. The predicted molar refractivity (Wildman–Crippen MR) is 133 cm³/mol. The third-order valence-electron chi connectivity index (χ3n) is 5.96. The number of carboxylic acid groups (broad SMARTS) is 1. The van der Waals surface area contributed by atoms with Crippen LogP contribution in [0.2, 0.25) is 0 Å². The summed E-state index contributed by atoms with van der Waals surface area (Å²) in [5.41, 5.74) is 5.60. The first kappa shape index (κ1) is 24.8. The molecule has 0 saturated carbocycles. The number of hydrogen-bond acceptors (Lipinski definition) is 5. The molecule has 184 valence electrons. The highest BCUT2D eigenvalue weighted by molar-refractivity contribution is 5.96. The van der Waals surface area contributed by atoms with Crippen LogP contribution in [0.15, 0.2) is 71.3 Å². The lowest BCUT2D eigenvalue weighted by molar-refractivity contribution is -0.137. The molecular formula is C28H25FN2O5. The van der Waals surface area contributed by atoms with Gasteiger partial charge in [-0.3, -0.25) is 9.59 Å².